The third-order valence-electron chi connectivity index (χ3n) is 2.77. The van der Waals surface area contributed by atoms with E-state index >= 15 is 0 Å². The quantitative estimate of drug-likeness (QED) is 0.538. The molecule has 0 bridgehead atoms. The first-order valence-corrected chi connectivity index (χ1v) is 4.05. The van der Waals surface area contributed by atoms with E-state index in [9.17, 15) is 0 Å². The molecule has 2 atom stereocenters. The van der Waals surface area contributed by atoms with Crippen molar-refractivity contribution in [1.82, 2.24) is 5.32 Å². The fraction of sp³-hybridized carbons (Fsp3) is 1.00. The summed E-state index contributed by atoms with van der Waals surface area (Å²) in [5.74, 6) is 0. The molecule has 58 valence electrons. The summed E-state index contributed by atoms with van der Waals surface area (Å²) in [6, 6.07) is 0.656. The molecule has 2 aliphatic heterocycles. The lowest BCUT2D eigenvalue weighted by atomic mass is 9.75. The van der Waals surface area contributed by atoms with Gasteiger partial charge < -0.3 is 10.1 Å². The van der Waals surface area contributed by atoms with Gasteiger partial charge in [0.05, 0.1) is 18.8 Å². The molecule has 2 heterocycles. The van der Waals surface area contributed by atoms with E-state index in [1.54, 1.807) is 0 Å². The molecule has 2 saturated heterocycles. The van der Waals surface area contributed by atoms with Crippen molar-refractivity contribution in [3.8, 4) is 0 Å². The maximum atomic E-state index is 5.49. The summed E-state index contributed by atoms with van der Waals surface area (Å²) >= 11 is 0. The monoisotopic (exact) mass is 141 g/mol. The van der Waals surface area contributed by atoms with Gasteiger partial charge in [-0.25, -0.2) is 0 Å². The fourth-order valence-electron chi connectivity index (χ4n) is 1.95. The standard InChI is InChI=1S/C8H15NO/c1-8(2)3-4-9-6-5-10-7(6)8/h6-7,9H,3-5H2,1-2H3. The third-order valence-corrected chi connectivity index (χ3v) is 2.77. The molecule has 2 nitrogen and oxygen atoms in total. The molecule has 2 heteroatoms. The molecule has 0 saturated carbocycles. The van der Waals surface area contributed by atoms with Crippen molar-refractivity contribution in [1.29, 1.82) is 0 Å². The van der Waals surface area contributed by atoms with Crippen molar-refractivity contribution < 1.29 is 4.74 Å². The second-order valence-corrected chi connectivity index (χ2v) is 4.05. The van der Waals surface area contributed by atoms with E-state index in [1.807, 2.05) is 0 Å². The zero-order chi connectivity index (χ0) is 7.19. The van der Waals surface area contributed by atoms with Crippen molar-refractivity contribution in [3.63, 3.8) is 0 Å². The van der Waals surface area contributed by atoms with Gasteiger partial charge in [0.2, 0.25) is 0 Å². The minimum absolute atomic E-state index is 0.411. The summed E-state index contributed by atoms with van der Waals surface area (Å²) in [5.41, 5.74) is 0.411. The number of hydrogen-bond acceptors (Lipinski definition) is 2. The Balaban J connectivity index is 2.08. The van der Waals surface area contributed by atoms with Gasteiger partial charge in [-0.05, 0) is 18.4 Å². The zero-order valence-electron chi connectivity index (χ0n) is 6.68. The van der Waals surface area contributed by atoms with Crippen LogP contribution in [0.5, 0.6) is 0 Å². The van der Waals surface area contributed by atoms with Crippen molar-refractivity contribution >= 4 is 0 Å². The predicted octanol–water partition coefficient (Wildman–Crippen LogP) is 0.773. The highest BCUT2D eigenvalue weighted by Crippen LogP contribution is 2.37. The number of piperidine rings is 1. The molecule has 1 N–H and O–H groups in total. The van der Waals surface area contributed by atoms with Crippen molar-refractivity contribution in [2.24, 2.45) is 5.41 Å². The summed E-state index contributed by atoms with van der Waals surface area (Å²) in [7, 11) is 0. The Labute approximate surface area is 61.9 Å². The van der Waals surface area contributed by atoms with Crippen LogP contribution in [0.25, 0.3) is 0 Å². The minimum atomic E-state index is 0.411. The van der Waals surface area contributed by atoms with Gasteiger partial charge >= 0.3 is 0 Å². The Hall–Kier alpha value is -0.0800. The minimum Gasteiger partial charge on any atom is -0.374 e. The predicted molar refractivity (Wildman–Crippen MR) is 39.9 cm³/mol. The van der Waals surface area contributed by atoms with E-state index in [0.717, 1.165) is 13.2 Å². The Bertz CT molecular complexity index is 144. The van der Waals surface area contributed by atoms with E-state index in [4.69, 9.17) is 4.74 Å². The maximum Gasteiger partial charge on any atom is 0.0802 e. The molecule has 0 amide bonds. The summed E-state index contributed by atoms with van der Waals surface area (Å²) in [6.45, 7) is 6.68. The van der Waals surface area contributed by atoms with Gasteiger partial charge in [-0.1, -0.05) is 13.8 Å². The van der Waals surface area contributed by atoms with Crippen LogP contribution in [0.15, 0.2) is 0 Å². The lowest BCUT2D eigenvalue weighted by molar-refractivity contribution is -0.162. The van der Waals surface area contributed by atoms with Gasteiger partial charge in [0.1, 0.15) is 0 Å². The average molecular weight is 141 g/mol. The van der Waals surface area contributed by atoms with Crippen molar-refractivity contribution in [3.05, 3.63) is 0 Å². The number of fused-ring (bicyclic) bond motifs is 1. The third kappa shape index (κ3) is 0.789. The topological polar surface area (TPSA) is 21.3 Å². The van der Waals surface area contributed by atoms with Crippen LogP contribution in [-0.2, 0) is 4.74 Å². The highest BCUT2D eigenvalue weighted by Gasteiger charge is 2.45. The summed E-state index contributed by atoms with van der Waals surface area (Å²) < 4.78 is 5.49. The molecule has 0 aromatic rings. The maximum absolute atomic E-state index is 5.49. The SMILES string of the molecule is CC1(C)CCNC2COC21. The van der Waals surface area contributed by atoms with Crippen LogP contribution in [0.1, 0.15) is 20.3 Å². The number of rotatable bonds is 0. The van der Waals surface area contributed by atoms with Crippen molar-refractivity contribution in [2.75, 3.05) is 13.2 Å². The van der Waals surface area contributed by atoms with Gasteiger partial charge in [0.15, 0.2) is 0 Å². The molecule has 0 spiro atoms. The average Bonchev–Trinajstić information content (AvgIpc) is 1.73. The molecular weight excluding hydrogens is 126 g/mol. The Morgan fingerprint density at radius 2 is 2.30 bits per heavy atom. The first-order chi connectivity index (χ1) is 4.70. The van der Waals surface area contributed by atoms with Gasteiger partial charge in [-0.2, -0.15) is 0 Å². The van der Waals surface area contributed by atoms with E-state index in [1.165, 1.54) is 6.42 Å². The number of ether oxygens (including phenoxy) is 1. The summed E-state index contributed by atoms with van der Waals surface area (Å²) in [4.78, 5) is 0. The van der Waals surface area contributed by atoms with E-state index in [0.29, 0.717) is 17.6 Å². The van der Waals surface area contributed by atoms with Crippen molar-refractivity contribution in [2.45, 2.75) is 32.4 Å². The highest BCUT2D eigenvalue weighted by molar-refractivity contribution is 4.98. The van der Waals surface area contributed by atoms with Gasteiger partial charge in [0, 0.05) is 0 Å². The normalized spacial score (nSPS) is 43.8. The van der Waals surface area contributed by atoms with Gasteiger partial charge in [-0.3, -0.25) is 0 Å². The van der Waals surface area contributed by atoms with E-state index in [-0.39, 0.29) is 0 Å². The molecule has 2 aliphatic rings. The van der Waals surface area contributed by atoms with Crippen LogP contribution in [0.2, 0.25) is 0 Å². The lowest BCUT2D eigenvalue weighted by Gasteiger charge is -2.50. The molecule has 0 aromatic heterocycles. The molecule has 0 aromatic carbocycles. The highest BCUT2D eigenvalue weighted by atomic mass is 16.5. The molecule has 10 heavy (non-hydrogen) atoms. The smallest absolute Gasteiger partial charge is 0.0802 e. The van der Waals surface area contributed by atoms with E-state index in [2.05, 4.69) is 19.2 Å². The van der Waals surface area contributed by atoms with Crippen LogP contribution in [0.4, 0.5) is 0 Å². The first kappa shape index (κ1) is 6.62. The van der Waals surface area contributed by atoms with Crippen LogP contribution in [0, 0.1) is 5.41 Å². The Morgan fingerprint density at radius 3 is 2.70 bits per heavy atom. The number of hydrogen-bond donors (Lipinski definition) is 1. The molecule has 0 aliphatic carbocycles. The van der Waals surface area contributed by atoms with Crippen LogP contribution < -0.4 is 5.32 Å². The fourth-order valence-corrected chi connectivity index (χ4v) is 1.95. The number of nitrogens with one attached hydrogen (secondary N) is 1. The zero-order valence-corrected chi connectivity index (χ0v) is 6.68. The Kier molecular flexibility index (Phi) is 1.29. The Morgan fingerprint density at radius 1 is 1.50 bits per heavy atom. The van der Waals surface area contributed by atoms with Gasteiger partial charge in [-0.15, -0.1) is 0 Å². The van der Waals surface area contributed by atoms with Crippen LogP contribution in [0.3, 0.4) is 0 Å². The van der Waals surface area contributed by atoms with E-state index < -0.39 is 0 Å². The largest absolute Gasteiger partial charge is 0.374 e. The van der Waals surface area contributed by atoms with Gasteiger partial charge in [0.25, 0.3) is 0 Å². The molecule has 2 unspecified atom stereocenters. The molecule has 2 fully saturated rings. The second kappa shape index (κ2) is 1.95. The molecule has 0 radical (unpaired) electrons. The second-order valence-electron chi connectivity index (χ2n) is 4.05. The first-order valence-electron chi connectivity index (χ1n) is 4.05. The van der Waals surface area contributed by atoms with Crippen LogP contribution >= 0.6 is 0 Å². The summed E-state index contributed by atoms with van der Waals surface area (Å²) in [5, 5.41) is 3.45. The molecular formula is C8H15NO. The lowest BCUT2D eigenvalue weighted by Crippen LogP contribution is -2.64. The van der Waals surface area contributed by atoms with Crippen LogP contribution in [-0.4, -0.2) is 25.3 Å². The molecule has 2 rings (SSSR count). The summed E-state index contributed by atoms with van der Waals surface area (Å²) in [6.07, 6.45) is 1.73.